The second kappa shape index (κ2) is 7.31. The number of hydrogen-bond acceptors (Lipinski definition) is 5. The van der Waals surface area contributed by atoms with Gasteiger partial charge in [-0.25, -0.2) is 9.50 Å². The summed E-state index contributed by atoms with van der Waals surface area (Å²) >= 11 is 0. The van der Waals surface area contributed by atoms with Crippen molar-refractivity contribution in [2.45, 2.75) is 45.1 Å². The van der Waals surface area contributed by atoms with E-state index in [1.54, 1.807) is 24.6 Å². The number of aryl methyl sites for hydroxylation is 1. The van der Waals surface area contributed by atoms with Crippen LogP contribution in [0.5, 0.6) is 5.75 Å². The monoisotopic (exact) mass is 392 g/mol. The first-order valence-corrected chi connectivity index (χ1v) is 9.77. The van der Waals surface area contributed by atoms with E-state index in [1.165, 1.54) is 13.1 Å². The smallest absolute Gasteiger partial charge is 0.272 e. The average molecular weight is 392 g/mol. The molecule has 2 heterocycles. The molecule has 1 aliphatic carbocycles. The number of Topliss-reactive ketones (excluding diaryl/α,β-unsaturated/α-hetero) is 1. The van der Waals surface area contributed by atoms with Crippen LogP contribution >= 0.6 is 0 Å². The summed E-state index contributed by atoms with van der Waals surface area (Å²) in [6.07, 6.45) is 5.29. The molecule has 0 aliphatic heterocycles. The Morgan fingerprint density at radius 2 is 1.93 bits per heavy atom. The second-order valence-electron chi connectivity index (χ2n) is 7.56. The summed E-state index contributed by atoms with van der Waals surface area (Å²) < 4.78 is 7.11. The van der Waals surface area contributed by atoms with Crippen LogP contribution < -0.4 is 10.1 Å². The number of fused-ring (bicyclic) bond motifs is 1. The van der Waals surface area contributed by atoms with Gasteiger partial charge in [0.25, 0.3) is 5.91 Å². The highest BCUT2D eigenvalue weighted by molar-refractivity contribution is 5.96. The predicted molar refractivity (Wildman–Crippen MR) is 108 cm³/mol. The van der Waals surface area contributed by atoms with Gasteiger partial charge in [0.2, 0.25) is 0 Å². The summed E-state index contributed by atoms with van der Waals surface area (Å²) in [6.45, 7) is 3.29. The molecule has 29 heavy (non-hydrogen) atoms. The lowest BCUT2D eigenvalue weighted by atomic mass is 9.87. The van der Waals surface area contributed by atoms with Gasteiger partial charge >= 0.3 is 0 Å². The Hall–Kier alpha value is -3.22. The molecule has 7 nitrogen and oxygen atoms in total. The number of nitrogens with one attached hydrogen (secondary N) is 1. The van der Waals surface area contributed by atoms with E-state index >= 15 is 0 Å². The third kappa shape index (κ3) is 3.26. The van der Waals surface area contributed by atoms with E-state index in [9.17, 15) is 9.59 Å². The van der Waals surface area contributed by atoms with Gasteiger partial charge in [0.15, 0.2) is 17.1 Å². The van der Waals surface area contributed by atoms with E-state index in [1.807, 2.05) is 24.3 Å². The van der Waals surface area contributed by atoms with Crippen molar-refractivity contribution in [3.63, 3.8) is 0 Å². The first-order chi connectivity index (χ1) is 13.9. The van der Waals surface area contributed by atoms with Gasteiger partial charge in [0, 0.05) is 17.8 Å². The molecule has 1 aromatic carbocycles. The van der Waals surface area contributed by atoms with E-state index in [0.717, 1.165) is 37.0 Å². The van der Waals surface area contributed by atoms with Gasteiger partial charge in [-0.05, 0) is 32.8 Å². The number of methoxy groups -OCH3 is 1. The fraction of sp³-hybridized carbons (Fsp3) is 0.364. The molecule has 4 rings (SSSR count). The van der Waals surface area contributed by atoms with E-state index in [4.69, 9.17) is 4.74 Å². The average Bonchev–Trinajstić information content (AvgIpc) is 3.36. The van der Waals surface area contributed by atoms with Gasteiger partial charge in [-0.2, -0.15) is 5.10 Å². The van der Waals surface area contributed by atoms with Crippen LogP contribution in [0.2, 0.25) is 0 Å². The van der Waals surface area contributed by atoms with Crippen LogP contribution in [0.3, 0.4) is 0 Å². The summed E-state index contributed by atoms with van der Waals surface area (Å²) in [7, 11) is 1.65. The van der Waals surface area contributed by atoms with Crippen molar-refractivity contribution in [3.8, 4) is 5.75 Å². The third-order valence-corrected chi connectivity index (χ3v) is 5.77. The highest BCUT2D eigenvalue weighted by Crippen LogP contribution is 2.42. The zero-order valence-corrected chi connectivity index (χ0v) is 16.9. The van der Waals surface area contributed by atoms with Gasteiger partial charge in [-0.3, -0.25) is 9.59 Å². The number of hydrogen-bond donors (Lipinski definition) is 1. The lowest BCUT2D eigenvalue weighted by molar-refractivity contribution is 0.0891. The molecule has 1 amide bonds. The Labute approximate surface area is 169 Å². The van der Waals surface area contributed by atoms with Crippen molar-refractivity contribution in [2.24, 2.45) is 0 Å². The number of carbonyl (C=O) groups is 2. The van der Waals surface area contributed by atoms with Crippen LogP contribution in [-0.4, -0.2) is 33.4 Å². The number of nitrogens with zero attached hydrogens (tertiary/aromatic N) is 3. The highest BCUT2D eigenvalue weighted by Gasteiger charge is 2.39. The van der Waals surface area contributed by atoms with Crippen molar-refractivity contribution >= 4 is 17.3 Å². The fourth-order valence-electron chi connectivity index (χ4n) is 4.27. The minimum Gasteiger partial charge on any atom is -0.496 e. The maximum absolute atomic E-state index is 13.2. The normalized spacial score (nSPS) is 15.4. The number of benzene rings is 1. The van der Waals surface area contributed by atoms with Crippen LogP contribution in [0.25, 0.3) is 5.65 Å². The molecule has 1 N–H and O–H groups in total. The summed E-state index contributed by atoms with van der Waals surface area (Å²) in [5.74, 6) is 0.430. The number of ketones is 1. The Bertz CT molecular complexity index is 1100. The molecule has 1 fully saturated rings. The van der Waals surface area contributed by atoms with Crippen molar-refractivity contribution in [2.75, 3.05) is 7.11 Å². The molecule has 0 unspecified atom stereocenters. The Morgan fingerprint density at radius 1 is 1.21 bits per heavy atom. The minimum absolute atomic E-state index is 0.0838. The molecular formula is C22H24N4O3. The molecule has 7 heteroatoms. The highest BCUT2D eigenvalue weighted by atomic mass is 16.5. The van der Waals surface area contributed by atoms with Crippen LogP contribution in [0, 0.1) is 6.92 Å². The molecule has 0 saturated heterocycles. The van der Waals surface area contributed by atoms with Crippen molar-refractivity contribution < 1.29 is 14.3 Å². The molecule has 0 atom stereocenters. The zero-order valence-electron chi connectivity index (χ0n) is 16.9. The van der Waals surface area contributed by atoms with Gasteiger partial charge in [0.1, 0.15) is 5.75 Å². The number of rotatable bonds is 5. The molecule has 3 aromatic rings. The van der Waals surface area contributed by atoms with E-state index in [-0.39, 0.29) is 17.4 Å². The van der Waals surface area contributed by atoms with Crippen LogP contribution in [0.4, 0.5) is 0 Å². The lowest BCUT2D eigenvalue weighted by Gasteiger charge is -2.32. The number of aromatic nitrogens is 3. The van der Waals surface area contributed by atoms with E-state index in [2.05, 4.69) is 15.4 Å². The number of para-hydroxylation sites is 1. The van der Waals surface area contributed by atoms with Crippen LogP contribution in [-0.2, 0) is 5.54 Å². The van der Waals surface area contributed by atoms with Gasteiger partial charge in [-0.15, -0.1) is 0 Å². The van der Waals surface area contributed by atoms with Crippen molar-refractivity contribution in [3.05, 3.63) is 59.0 Å². The molecule has 2 aromatic heterocycles. The maximum Gasteiger partial charge on any atom is 0.272 e. The largest absolute Gasteiger partial charge is 0.496 e. The topological polar surface area (TPSA) is 85.6 Å². The lowest BCUT2D eigenvalue weighted by Crippen LogP contribution is -2.44. The first kappa shape index (κ1) is 19.1. The van der Waals surface area contributed by atoms with Gasteiger partial charge in [0.05, 0.1) is 23.9 Å². The van der Waals surface area contributed by atoms with Crippen LogP contribution in [0.1, 0.15) is 64.7 Å². The Balaban J connectivity index is 1.70. The predicted octanol–water partition coefficient (Wildman–Crippen LogP) is 3.45. The molecule has 1 saturated carbocycles. The van der Waals surface area contributed by atoms with Gasteiger partial charge < -0.3 is 10.1 Å². The minimum atomic E-state index is -0.480. The molecule has 150 valence electrons. The molecular weight excluding hydrogens is 368 g/mol. The molecule has 0 bridgehead atoms. The quantitative estimate of drug-likeness (QED) is 0.672. The maximum atomic E-state index is 13.2. The fourth-order valence-corrected chi connectivity index (χ4v) is 4.27. The van der Waals surface area contributed by atoms with E-state index in [0.29, 0.717) is 16.9 Å². The van der Waals surface area contributed by atoms with Crippen molar-refractivity contribution in [1.82, 2.24) is 19.9 Å². The second-order valence-corrected chi connectivity index (χ2v) is 7.56. The Morgan fingerprint density at radius 3 is 2.62 bits per heavy atom. The van der Waals surface area contributed by atoms with E-state index < -0.39 is 5.54 Å². The number of carbonyl (C=O) groups excluding carboxylic acids is 2. The van der Waals surface area contributed by atoms with Gasteiger partial charge in [-0.1, -0.05) is 31.0 Å². The SMILES string of the molecule is COc1ccccc1C1(NC(=O)c2cc3ncc(C(C)=O)c(C)n3n2)CCCC1. The summed E-state index contributed by atoms with van der Waals surface area (Å²) in [4.78, 5) is 29.2. The molecule has 0 spiro atoms. The molecule has 0 radical (unpaired) electrons. The summed E-state index contributed by atoms with van der Waals surface area (Å²) in [5.41, 5.74) is 2.49. The first-order valence-electron chi connectivity index (χ1n) is 9.77. The zero-order chi connectivity index (χ0) is 20.6. The number of amides is 1. The van der Waals surface area contributed by atoms with Crippen LogP contribution in [0.15, 0.2) is 36.5 Å². The Kier molecular flexibility index (Phi) is 4.82. The number of ether oxygens (including phenoxy) is 1. The van der Waals surface area contributed by atoms with Crippen molar-refractivity contribution in [1.29, 1.82) is 0 Å². The molecule has 1 aliphatic rings. The summed E-state index contributed by atoms with van der Waals surface area (Å²) in [6, 6.07) is 9.47. The summed E-state index contributed by atoms with van der Waals surface area (Å²) in [5, 5.41) is 7.65. The standard InChI is InChI=1S/C22H24N4O3/c1-14-16(15(2)27)13-23-20-12-18(25-26(14)20)21(28)24-22(10-6-7-11-22)17-8-4-5-9-19(17)29-3/h4-5,8-9,12-13H,6-7,10-11H2,1-3H3,(H,24,28). The third-order valence-electron chi connectivity index (χ3n) is 5.77.